The molecule has 0 saturated heterocycles. The highest BCUT2D eigenvalue weighted by molar-refractivity contribution is 5.87. The summed E-state index contributed by atoms with van der Waals surface area (Å²) in [5, 5.41) is 11.0. The maximum absolute atomic E-state index is 13.0. The number of hydrogen-bond acceptors (Lipinski definition) is 4. The van der Waals surface area contributed by atoms with Gasteiger partial charge in [-0.1, -0.05) is 58.9 Å². The zero-order valence-corrected chi connectivity index (χ0v) is 28.6. The molecular formula is C40H58O4. The number of aliphatic hydroxyl groups is 1. The van der Waals surface area contributed by atoms with Gasteiger partial charge in [0.1, 0.15) is 5.75 Å². The van der Waals surface area contributed by atoms with E-state index in [1.54, 1.807) is 13.2 Å². The van der Waals surface area contributed by atoms with Crippen LogP contribution in [0.25, 0.3) is 6.08 Å². The lowest BCUT2D eigenvalue weighted by atomic mass is 9.32. The first-order chi connectivity index (χ1) is 20.7. The van der Waals surface area contributed by atoms with Crippen molar-refractivity contribution in [1.29, 1.82) is 0 Å². The summed E-state index contributed by atoms with van der Waals surface area (Å²) in [5.74, 6) is 3.48. The number of carbonyl (C=O) groups is 1. The Bertz CT molecular complexity index is 1290. The number of aliphatic hydroxyl groups excluding tert-OH is 1. The van der Waals surface area contributed by atoms with Crippen LogP contribution in [0.5, 0.6) is 5.75 Å². The second-order valence-corrected chi connectivity index (χ2v) is 17.1. The highest BCUT2D eigenvalue weighted by Crippen LogP contribution is 2.77. The predicted molar refractivity (Wildman–Crippen MR) is 178 cm³/mol. The Morgan fingerprint density at radius 3 is 2.32 bits per heavy atom. The molecule has 1 aromatic carbocycles. The van der Waals surface area contributed by atoms with Crippen molar-refractivity contribution in [2.75, 3.05) is 13.7 Å². The molecule has 0 radical (unpaired) electrons. The van der Waals surface area contributed by atoms with Crippen LogP contribution in [0.2, 0.25) is 0 Å². The molecule has 5 aliphatic rings. The van der Waals surface area contributed by atoms with Crippen molar-refractivity contribution in [3.05, 3.63) is 48.1 Å². The van der Waals surface area contributed by atoms with Gasteiger partial charge in [-0.25, -0.2) is 4.79 Å². The van der Waals surface area contributed by atoms with Crippen LogP contribution in [0.3, 0.4) is 0 Å². The van der Waals surface area contributed by atoms with Gasteiger partial charge in [0.15, 0.2) is 0 Å². The van der Waals surface area contributed by atoms with E-state index in [0.717, 1.165) is 43.4 Å². The third kappa shape index (κ3) is 4.66. The highest BCUT2D eigenvalue weighted by atomic mass is 16.5. The van der Waals surface area contributed by atoms with Gasteiger partial charge in [0.2, 0.25) is 0 Å². The molecule has 0 aromatic heterocycles. The first-order valence-corrected chi connectivity index (χ1v) is 17.5. The maximum Gasteiger partial charge on any atom is 0.330 e. The Morgan fingerprint density at radius 1 is 0.909 bits per heavy atom. The molecule has 44 heavy (non-hydrogen) atoms. The van der Waals surface area contributed by atoms with Crippen molar-refractivity contribution in [3.8, 4) is 5.75 Å². The van der Waals surface area contributed by atoms with Crippen molar-refractivity contribution >= 4 is 12.0 Å². The van der Waals surface area contributed by atoms with Crippen molar-refractivity contribution in [2.45, 2.75) is 112 Å². The van der Waals surface area contributed by atoms with Crippen LogP contribution in [0.4, 0.5) is 0 Å². The van der Waals surface area contributed by atoms with Gasteiger partial charge >= 0.3 is 5.97 Å². The quantitative estimate of drug-likeness (QED) is 0.200. The molecule has 0 amide bonds. The number of ether oxygens (including phenoxy) is 2. The van der Waals surface area contributed by atoms with Gasteiger partial charge in [0, 0.05) is 11.5 Å². The number of fused-ring (bicyclic) bond motifs is 7. The van der Waals surface area contributed by atoms with E-state index in [-0.39, 0.29) is 39.1 Å². The number of allylic oxidation sites excluding steroid dienone is 1. The number of esters is 1. The fraction of sp³-hybridized carbons (Fsp3) is 0.725. The van der Waals surface area contributed by atoms with Crippen LogP contribution in [0.1, 0.15) is 111 Å². The molecule has 0 unspecified atom stereocenters. The summed E-state index contributed by atoms with van der Waals surface area (Å²) >= 11 is 0. The molecule has 6 rings (SSSR count). The van der Waals surface area contributed by atoms with E-state index in [1.165, 1.54) is 37.7 Å². The van der Waals surface area contributed by atoms with Crippen molar-refractivity contribution < 1.29 is 19.4 Å². The van der Waals surface area contributed by atoms with Gasteiger partial charge in [-0.2, -0.15) is 0 Å². The molecule has 0 heterocycles. The minimum Gasteiger partial charge on any atom is -0.497 e. The number of hydrogen-bond donors (Lipinski definition) is 1. The third-order valence-electron chi connectivity index (χ3n) is 15.2. The monoisotopic (exact) mass is 602 g/mol. The Morgan fingerprint density at radius 2 is 1.64 bits per heavy atom. The first kappa shape index (κ1) is 31.9. The molecule has 1 aromatic rings. The van der Waals surface area contributed by atoms with Crippen LogP contribution in [-0.4, -0.2) is 30.9 Å². The van der Waals surface area contributed by atoms with Gasteiger partial charge in [-0.3, -0.25) is 0 Å². The topological polar surface area (TPSA) is 55.8 Å². The summed E-state index contributed by atoms with van der Waals surface area (Å²) < 4.78 is 11.4. The van der Waals surface area contributed by atoms with Gasteiger partial charge in [-0.15, -0.1) is 0 Å². The standard InChI is InChI=1S/C40H58O4/c1-26(2)29-17-22-40(25-44-34(42)16-11-27-9-12-28(43-8)13-10-27)24-23-38(6)30(35(29)40)14-15-32-37(5)20-19-33(41)36(3,4)31(37)18-21-39(32,38)7/h9-13,16,29-33,35,41H,1,14-15,17-25H2,2-8H3/t29-,30+,31-,32+,33+,35+,37-,38-,39-,40+/m1/s1. The van der Waals surface area contributed by atoms with E-state index in [9.17, 15) is 9.90 Å². The molecule has 5 aliphatic carbocycles. The largest absolute Gasteiger partial charge is 0.497 e. The lowest BCUT2D eigenvalue weighted by Crippen LogP contribution is -2.66. The minimum absolute atomic E-state index is 0.0179. The Balaban J connectivity index is 1.25. The molecule has 242 valence electrons. The summed E-state index contributed by atoms with van der Waals surface area (Å²) in [6, 6.07) is 7.72. The molecule has 5 saturated carbocycles. The highest BCUT2D eigenvalue weighted by Gasteiger charge is 2.71. The minimum atomic E-state index is -0.245. The molecule has 10 atom stereocenters. The first-order valence-electron chi connectivity index (χ1n) is 17.5. The number of benzene rings is 1. The summed E-state index contributed by atoms with van der Waals surface area (Å²) in [4.78, 5) is 13.0. The fourth-order valence-electron chi connectivity index (χ4n) is 12.7. The summed E-state index contributed by atoms with van der Waals surface area (Å²) in [7, 11) is 1.66. The molecule has 5 fully saturated rings. The maximum atomic E-state index is 13.0. The number of methoxy groups -OCH3 is 1. The molecule has 0 aliphatic heterocycles. The second-order valence-electron chi connectivity index (χ2n) is 17.1. The zero-order chi connectivity index (χ0) is 31.7. The SMILES string of the molecule is C=C(C)[C@H]1CC[C@@]2(COC(=O)C=Cc3ccc(OC)cc3)CC[C@]3(C)[C@@H](CC[C@H]4[C@]5(C)CC[C@H](O)C(C)(C)[C@H]5CC[C@]43C)[C@H]12. The zero-order valence-electron chi connectivity index (χ0n) is 28.6. The number of rotatable bonds is 6. The lowest BCUT2D eigenvalue weighted by molar-refractivity contribution is -0.249. The Hall–Kier alpha value is -2.07. The van der Waals surface area contributed by atoms with Gasteiger partial charge in [0.25, 0.3) is 0 Å². The lowest BCUT2D eigenvalue weighted by Gasteiger charge is -2.73. The Kier molecular flexibility index (Phi) is 7.99. The average molecular weight is 603 g/mol. The van der Waals surface area contributed by atoms with E-state index in [4.69, 9.17) is 9.47 Å². The van der Waals surface area contributed by atoms with E-state index < -0.39 is 0 Å². The summed E-state index contributed by atoms with van der Waals surface area (Å²) in [5.41, 5.74) is 3.13. The molecule has 0 spiro atoms. The number of carbonyl (C=O) groups excluding carboxylic acids is 1. The van der Waals surface area contributed by atoms with E-state index in [2.05, 4.69) is 48.1 Å². The molecular weight excluding hydrogens is 544 g/mol. The van der Waals surface area contributed by atoms with Crippen LogP contribution < -0.4 is 4.74 Å². The normalized spacial score (nSPS) is 44.2. The van der Waals surface area contributed by atoms with Crippen molar-refractivity contribution in [2.24, 2.45) is 56.7 Å². The van der Waals surface area contributed by atoms with E-state index >= 15 is 0 Å². The molecule has 0 bridgehead atoms. The predicted octanol–water partition coefficient (Wildman–Crippen LogP) is 9.27. The van der Waals surface area contributed by atoms with Crippen LogP contribution in [0.15, 0.2) is 42.5 Å². The molecule has 4 heteroatoms. The van der Waals surface area contributed by atoms with Crippen molar-refractivity contribution in [3.63, 3.8) is 0 Å². The third-order valence-corrected chi connectivity index (χ3v) is 15.2. The second kappa shape index (κ2) is 11.0. The smallest absolute Gasteiger partial charge is 0.330 e. The van der Waals surface area contributed by atoms with Crippen LogP contribution >= 0.6 is 0 Å². The van der Waals surface area contributed by atoms with Gasteiger partial charge in [0.05, 0.1) is 19.8 Å². The van der Waals surface area contributed by atoms with Crippen LogP contribution in [0, 0.1) is 56.7 Å². The molecule has 4 nitrogen and oxygen atoms in total. The molecule has 1 N–H and O–H groups in total. The Labute approximate surface area is 267 Å². The van der Waals surface area contributed by atoms with Crippen molar-refractivity contribution in [1.82, 2.24) is 0 Å². The van der Waals surface area contributed by atoms with Gasteiger partial charge in [-0.05, 0) is 146 Å². The average Bonchev–Trinajstić information content (AvgIpc) is 3.38. The summed E-state index contributed by atoms with van der Waals surface area (Å²) in [6.07, 6.45) is 15.0. The van der Waals surface area contributed by atoms with E-state index in [0.29, 0.717) is 36.2 Å². The van der Waals surface area contributed by atoms with Gasteiger partial charge < -0.3 is 14.6 Å². The van der Waals surface area contributed by atoms with E-state index in [1.807, 2.05) is 30.3 Å². The van der Waals surface area contributed by atoms with Crippen LogP contribution in [-0.2, 0) is 9.53 Å². The fourth-order valence-corrected chi connectivity index (χ4v) is 12.7. The summed E-state index contributed by atoms with van der Waals surface area (Å²) in [6.45, 7) is 19.9.